The van der Waals surface area contributed by atoms with Crippen LogP contribution in [0, 0.1) is 0 Å². The first-order valence-corrected chi connectivity index (χ1v) is 17.7. The van der Waals surface area contributed by atoms with Gasteiger partial charge >= 0.3 is 0 Å². The Balaban J connectivity index is 1.28. The van der Waals surface area contributed by atoms with Crippen molar-refractivity contribution in [3.8, 4) is 17.1 Å². The van der Waals surface area contributed by atoms with Crippen LogP contribution in [-0.2, 0) is 0 Å². The molecule has 3 heteroatoms. The lowest BCUT2D eigenvalue weighted by Crippen LogP contribution is -2.28. The number of hydrogen-bond acceptors (Lipinski definition) is 2. The first kappa shape index (κ1) is 28.3. The quantitative estimate of drug-likeness (QED) is 0.178. The molecule has 0 spiro atoms. The van der Waals surface area contributed by atoms with E-state index in [0.717, 1.165) is 34.8 Å². The Kier molecular flexibility index (Phi) is 6.08. The van der Waals surface area contributed by atoms with Gasteiger partial charge in [-0.05, 0) is 61.3 Å². The monoisotopic (exact) mass is 649 g/mol. The van der Waals surface area contributed by atoms with E-state index in [1.165, 1.54) is 69.8 Å². The van der Waals surface area contributed by atoms with Crippen molar-refractivity contribution in [2.75, 3.05) is 0 Å². The Bertz CT molecular complexity index is 3190. The predicted molar refractivity (Wildman–Crippen MR) is 214 cm³/mol. The van der Waals surface area contributed by atoms with Gasteiger partial charge in [-0.3, -0.25) is 4.57 Å². The minimum Gasteiger partial charge on any atom is -0.293 e. The van der Waals surface area contributed by atoms with Crippen LogP contribution in [0.15, 0.2) is 158 Å². The molecule has 0 fully saturated rings. The molecule has 1 unspecified atom stereocenters. The lowest BCUT2D eigenvalue weighted by atomic mass is 9.93. The molecule has 10 aromatic rings. The second-order valence-electron chi connectivity index (χ2n) is 13.7. The zero-order valence-electron chi connectivity index (χ0n) is 27.8. The molecular formula is C48H31N3. The summed E-state index contributed by atoms with van der Waals surface area (Å²) in [5.41, 5.74) is 4.32. The first-order chi connectivity index (χ1) is 25.3. The van der Waals surface area contributed by atoms with Crippen molar-refractivity contribution in [3.05, 3.63) is 174 Å². The number of rotatable bonds is 3. The van der Waals surface area contributed by atoms with Crippen molar-refractivity contribution in [3.63, 3.8) is 0 Å². The summed E-state index contributed by atoms with van der Waals surface area (Å²) >= 11 is 0. The van der Waals surface area contributed by atoms with Gasteiger partial charge in [-0.15, -0.1) is 0 Å². The summed E-state index contributed by atoms with van der Waals surface area (Å²) in [5.74, 6) is 1.77. The Morgan fingerprint density at radius 3 is 2.06 bits per heavy atom. The van der Waals surface area contributed by atoms with Crippen LogP contribution in [0.1, 0.15) is 18.2 Å². The molecule has 0 bridgehead atoms. The standard InChI is InChI=1S/C48H31N3/c1-3-14-33-27-35(23-21-30(33)11-1)42-29-44(50-48(49-42)36-24-22-31-12-2-4-15-34(31)28-36)51-43-20-10-9-19-41(43)46-45-37-16-6-5-13-32(37)25-26-39(45)38-17-7-8-18-40(38)47(46)51/h1-23,25-29,36H,24H2. The lowest BCUT2D eigenvalue weighted by Gasteiger charge is -2.18. The van der Waals surface area contributed by atoms with Gasteiger partial charge in [0.25, 0.3) is 0 Å². The molecule has 0 N–H and O–H groups in total. The summed E-state index contributed by atoms with van der Waals surface area (Å²) in [4.78, 5) is 10.9. The maximum absolute atomic E-state index is 5.51. The highest BCUT2D eigenvalue weighted by Crippen LogP contribution is 2.45. The van der Waals surface area contributed by atoms with E-state index in [0.29, 0.717) is 0 Å². The van der Waals surface area contributed by atoms with E-state index in [2.05, 4.69) is 174 Å². The lowest BCUT2D eigenvalue weighted by molar-refractivity contribution is 0.811. The SMILES string of the molecule is C1=c2ccccc2=CC(c2nc(-c3ccc4ccccc4c3)cc(-n3c4ccccc4c4c5c6ccccc6ccc5c5ccccc5c43)n2)C1. The van der Waals surface area contributed by atoms with E-state index in [4.69, 9.17) is 9.97 Å². The summed E-state index contributed by atoms with van der Waals surface area (Å²) in [6.45, 7) is 0. The fourth-order valence-corrected chi connectivity index (χ4v) is 8.47. The van der Waals surface area contributed by atoms with Gasteiger partial charge in [0.15, 0.2) is 0 Å². The smallest absolute Gasteiger partial charge is 0.142 e. The number of aromatic nitrogens is 3. The molecule has 238 valence electrons. The number of fused-ring (bicyclic) bond motifs is 12. The molecule has 3 nitrogen and oxygen atoms in total. The molecule has 11 rings (SSSR count). The second-order valence-corrected chi connectivity index (χ2v) is 13.7. The molecule has 8 aromatic carbocycles. The Morgan fingerprint density at radius 1 is 0.490 bits per heavy atom. The zero-order valence-corrected chi connectivity index (χ0v) is 27.8. The van der Waals surface area contributed by atoms with Crippen molar-refractivity contribution in [2.45, 2.75) is 12.3 Å². The Morgan fingerprint density at radius 2 is 1.18 bits per heavy atom. The summed E-state index contributed by atoms with van der Waals surface area (Å²) in [6, 6.07) is 57.0. The van der Waals surface area contributed by atoms with Crippen LogP contribution in [0.5, 0.6) is 0 Å². The molecular weight excluding hydrogens is 619 g/mol. The van der Waals surface area contributed by atoms with Gasteiger partial charge in [-0.1, -0.05) is 152 Å². The molecule has 2 heterocycles. The van der Waals surface area contributed by atoms with Crippen LogP contribution in [-0.4, -0.2) is 14.5 Å². The fraction of sp³-hybridized carbons (Fsp3) is 0.0417. The van der Waals surface area contributed by atoms with E-state index in [1.54, 1.807) is 0 Å². The predicted octanol–water partition coefficient (Wildman–Crippen LogP) is 10.6. The highest BCUT2D eigenvalue weighted by molar-refractivity contribution is 6.36. The number of hydrogen-bond donors (Lipinski definition) is 0. The minimum absolute atomic E-state index is 0.0497. The van der Waals surface area contributed by atoms with Gasteiger partial charge in [-0.25, -0.2) is 9.97 Å². The third-order valence-corrected chi connectivity index (χ3v) is 10.8. The van der Waals surface area contributed by atoms with Gasteiger partial charge in [0, 0.05) is 39.1 Å². The second kappa shape index (κ2) is 11.0. The molecule has 0 aliphatic heterocycles. The minimum atomic E-state index is 0.0497. The van der Waals surface area contributed by atoms with Crippen LogP contribution in [0.2, 0.25) is 0 Å². The van der Waals surface area contributed by atoms with E-state index in [9.17, 15) is 0 Å². The molecule has 0 radical (unpaired) electrons. The summed E-state index contributed by atoms with van der Waals surface area (Å²) in [6.07, 6.45) is 5.53. The third-order valence-electron chi connectivity index (χ3n) is 10.8. The van der Waals surface area contributed by atoms with Crippen LogP contribution < -0.4 is 10.4 Å². The Hall–Kier alpha value is -6.58. The third kappa shape index (κ3) is 4.31. The molecule has 0 amide bonds. The van der Waals surface area contributed by atoms with Crippen LogP contribution in [0.3, 0.4) is 0 Å². The van der Waals surface area contributed by atoms with E-state index in [-0.39, 0.29) is 5.92 Å². The van der Waals surface area contributed by atoms with E-state index in [1.807, 2.05) is 0 Å². The average Bonchev–Trinajstić information content (AvgIpc) is 3.55. The van der Waals surface area contributed by atoms with Gasteiger partial charge in [0.2, 0.25) is 0 Å². The molecule has 2 aromatic heterocycles. The highest BCUT2D eigenvalue weighted by Gasteiger charge is 2.23. The van der Waals surface area contributed by atoms with Crippen LogP contribution in [0.4, 0.5) is 0 Å². The van der Waals surface area contributed by atoms with Gasteiger partial charge in [0.05, 0.1) is 16.7 Å². The maximum Gasteiger partial charge on any atom is 0.142 e. The van der Waals surface area contributed by atoms with E-state index < -0.39 is 0 Å². The largest absolute Gasteiger partial charge is 0.293 e. The number of para-hydroxylation sites is 1. The normalized spacial score (nSPS) is 14.3. The fourth-order valence-electron chi connectivity index (χ4n) is 8.47. The average molecular weight is 650 g/mol. The number of benzene rings is 8. The molecule has 1 aliphatic rings. The summed E-state index contributed by atoms with van der Waals surface area (Å²) in [5, 5.41) is 14.9. The van der Waals surface area contributed by atoms with Crippen molar-refractivity contribution in [1.82, 2.24) is 14.5 Å². The Labute approximate surface area is 294 Å². The topological polar surface area (TPSA) is 30.7 Å². The van der Waals surface area contributed by atoms with Crippen molar-refractivity contribution < 1.29 is 0 Å². The maximum atomic E-state index is 5.51. The molecule has 51 heavy (non-hydrogen) atoms. The zero-order chi connectivity index (χ0) is 33.5. The van der Waals surface area contributed by atoms with Gasteiger partial charge in [-0.2, -0.15) is 0 Å². The van der Waals surface area contributed by atoms with E-state index >= 15 is 0 Å². The van der Waals surface area contributed by atoms with Crippen LogP contribution >= 0.6 is 0 Å². The van der Waals surface area contributed by atoms with Gasteiger partial charge < -0.3 is 0 Å². The summed E-state index contributed by atoms with van der Waals surface area (Å²) < 4.78 is 2.41. The van der Waals surface area contributed by atoms with Crippen molar-refractivity contribution in [1.29, 1.82) is 0 Å². The molecule has 0 saturated heterocycles. The number of nitrogens with zero attached hydrogens (tertiary/aromatic N) is 3. The molecule has 0 saturated carbocycles. The van der Waals surface area contributed by atoms with Crippen molar-refractivity contribution in [2.24, 2.45) is 0 Å². The molecule has 1 atom stereocenters. The first-order valence-electron chi connectivity index (χ1n) is 17.7. The van der Waals surface area contributed by atoms with Gasteiger partial charge in [0.1, 0.15) is 11.6 Å². The summed E-state index contributed by atoms with van der Waals surface area (Å²) in [7, 11) is 0. The van der Waals surface area contributed by atoms with Crippen molar-refractivity contribution >= 4 is 77.0 Å². The highest BCUT2D eigenvalue weighted by atomic mass is 15.1. The van der Waals surface area contributed by atoms with Crippen LogP contribution in [0.25, 0.3) is 94.1 Å². The molecule has 1 aliphatic carbocycles.